The van der Waals surface area contributed by atoms with Crippen LogP contribution in [-0.2, 0) is 0 Å². The highest BCUT2D eigenvalue weighted by atomic mass is 35.5. The van der Waals surface area contributed by atoms with E-state index in [2.05, 4.69) is 30.6 Å². The van der Waals surface area contributed by atoms with Gasteiger partial charge >= 0.3 is 0 Å². The van der Waals surface area contributed by atoms with E-state index in [4.69, 9.17) is 11.6 Å². The lowest BCUT2D eigenvalue weighted by Crippen LogP contribution is -2.25. The highest BCUT2D eigenvalue weighted by Crippen LogP contribution is 2.26. The molecule has 0 bridgehead atoms. The molecular formula is C22H22ClN7OS. The standard InChI is InChI=1S/C17H11ClN4OS.C5H11N3/c18-13-3-1-2-4-14(13)20-17-6-5-16-15(21-17)8-19-22(16)11-7-12(9-23)24-10-11;1-6-5-7-3-4-8(5)2/h1-10H,(H,20,21);3-4H2,1-2H3,(H,6,7). The first-order valence-electron chi connectivity index (χ1n) is 9.91. The predicted molar refractivity (Wildman–Crippen MR) is 131 cm³/mol. The Balaban J connectivity index is 0.000000260. The molecule has 4 aromatic rings. The number of fused-ring (bicyclic) bond motifs is 1. The highest BCUT2D eigenvalue weighted by molar-refractivity contribution is 7.12. The fraction of sp³-hybridized carbons (Fsp3) is 0.182. The van der Waals surface area contributed by atoms with Gasteiger partial charge in [-0.3, -0.25) is 9.79 Å². The molecule has 1 saturated heterocycles. The third kappa shape index (κ3) is 4.74. The van der Waals surface area contributed by atoms with Gasteiger partial charge in [-0.25, -0.2) is 9.67 Å². The minimum Gasteiger partial charge on any atom is -0.354 e. The molecule has 1 fully saturated rings. The van der Waals surface area contributed by atoms with Gasteiger partial charge < -0.3 is 15.5 Å². The van der Waals surface area contributed by atoms with Gasteiger partial charge in [0.1, 0.15) is 11.3 Å². The third-order valence-electron chi connectivity index (χ3n) is 4.83. The third-order valence-corrected chi connectivity index (χ3v) is 6.01. The number of hydrogen-bond donors (Lipinski definition) is 2. The molecule has 10 heteroatoms. The van der Waals surface area contributed by atoms with E-state index < -0.39 is 0 Å². The number of nitrogens with one attached hydrogen (secondary N) is 2. The number of aldehydes is 1. The molecular weight excluding hydrogens is 446 g/mol. The van der Waals surface area contributed by atoms with E-state index in [1.165, 1.54) is 11.3 Å². The summed E-state index contributed by atoms with van der Waals surface area (Å²) in [6.07, 6.45) is 2.54. The number of guanidine groups is 1. The summed E-state index contributed by atoms with van der Waals surface area (Å²) in [7, 11) is 3.83. The van der Waals surface area contributed by atoms with Gasteiger partial charge in [0, 0.05) is 32.6 Å². The van der Waals surface area contributed by atoms with E-state index in [9.17, 15) is 4.79 Å². The van der Waals surface area contributed by atoms with Crippen molar-refractivity contribution in [3.05, 3.63) is 63.9 Å². The van der Waals surface area contributed by atoms with E-state index in [1.807, 2.05) is 48.8 Å². The molecule has 1 aromatic carbocycles. The van der Waals surface area contributed by atoms with E-state index in [1.54, 1.807) is 24.0 Å². The maximum absolute atomic E-state index is 10.8. The molecule has 8 nitrogen and oxygen atoms in total. The highest BCUT2D eigenvalue weighted by Gasteiger charge is 2.11. The number of rotatable bonds is 4. The number of halogens is 1. The van der Waals surface area contributed by atoms with Crippen molar-refractivity contribution in [2.75, 3.05) is 32.5 Å². The van der Waals surface area contributed by atoms with Gasteiger partial charge in [0.2, 0.25) is 0 Å². The summed E-state index contributed by atoms with van der Waals surface area (Å²) in [5.74, 6) is 1.69. The predicted octanol–water partition coefficient (Wildman–Crippen LogP) is 4.20. The lowest BCUT2D eigenvalue weighted by atomic mass is 10.3. The number of aliphatic imine (C=N–C) groups is 1. The first kappa shape index (κ1) is 21.8. The van der Waals surface area contributed by atoms with Crippen molar-refractivity contribution in [1.29, 1.82) is 0 Å². The normalized spacial score (nSPS) is 14.2. The minimum atomic E-state index is 0.634. The van der Waals surface area contributed by atoms with Crippen molar-refractivity contribution in [3.63, 3.8) is 0 Å². The SMILES string of the molecule is CN=C1NCCN1C.O=Cc1cc(-n2ncc3nc(Nc4ccccc4Cl)ccc32)cs1. The van der Waals surface area contributed by atoms with Gasteiger partial charge in [0.05, 0.1) is 33.0 Å². The zero-order valence-electron chi connectivity index (χ0n) is 17.6. The number of benzene rings is 1. The largest absolute Gasteiger partial charge is 0.354 e. The summed E-state index contributed by atoms with van der Waals surface area (Å²) in [5.41, 5.74) is 3.28. The number of likely N-dealkylation sites (N-methyl/N-ethyl adjacent to an activating group) is 1. The van der Waals surface area contributed by atoms with Gasteiger partial charge in [-0.15, -0.1) is 11.3 Å². The Hall–Kier alpha value is -3.43. The Morgan fingerprint density at radius 1 is 1.28 bits per heavy atom. The number of pyridine rings is 1. The van der Waals surface area contributed by atoms with Crippen molar-refractivity contribution in [3.8, 4) is 5.69 Å². The number of hydrogen-bond acceptors (Lipinski definition) is 6. The molecule has 2 N–H and O–H groups in total. The zero-order chi connectivity index (χ0) is 22.5. The molecule has 164 valence electrons. The van der Waals surface area contributed by atoms with Crippen LogP contribution < -0.4 is 10.6 Å². The number of thiophene rings is 1. The number of carbonyl (C=O) groups excluding carboxylic acids is 1. The molecule has 4 heterocycles. The van der Waals surface area contributed by atoms with Gasteiger partial charge in [-0.05, 0) is 30.3 Å². The van der Waals surface area contributed by atoms with Gasteiger partial charge in [-0.1, -0.05) is 23.7 Å². The molecule has 0 radical (unpaired) electrons. The van der Waals surface area contributed by atoms with Crippen LogP contribution in [0.25, 0.3) is 16.7 Å². The summed E-state index contributed by atoms with van der Waals surface area (Å²) < 4.78 is 1.77. The van der Waals surface area contributed by atoms with Crippen LogP contribution >= 0.6 is 22.9 Å². The molecule has 3 aromatic heterocycles. The van der Waals surface area contributed by atoms with Crippen LogP contribution in [0.2, 0.25) is 5.02 Å². The monoisotopic (exact) mass is 467 g/mol. The summed E-state index contributed by atoms with van der Waals surface area (Å²) in [5, 5.41) is 13.2. The van der Waals surface area contributed by atoms with Crippen molar-refractivity contribution in [2.24, 2.45) is 4.99 Å². The maximum Gasteiger partial charge on any atom is 0.193 e. The van der Waals surface area contributed by atoms with Crippen molar-refractivity contribution in [1.82, 2.24) is 25.0 Å². The average Bonchev–Trinajstić information content (AvgIpc) is 3.54. The number of carbonyl (C=O) groups is 1. The molecule has 1 aliphatic rings. The Labute approximate surface area is 194 Å². The molecule has 0 spiro atoms. The van der Waals surface area contributed by atoms with E-state index in [0.29, 0.717) is 15.7 Å². The number of aromatic nitrogens is 3. The van der Waals surface area contributed by atoms with E-state index in [-0.39, 0.29) is 0 Å². The van der Waals surface area contributed by atoms with Crippen molar-refractivity contribution >= 4 is 57.7 Å². The lowest BCUT2D eigenvalue weighted by Gasteiger charge is -2.07. The summed E-state index contributed by atoms with van der Waals surface area (Å²) in [6.45, 7) is 2.11. The smallest absolute Gasteiger partial charge is 0.193 e. The zero-order valence-corrected chi connectivity index (χ0v) is 19.2. The van der Waals surface area contributed by atoms with Crippen molar-refractivity contribution in [2.45, 2.75) is 0 Å². The second-order valence-corrected chi connectivity index (χ2v) is 8.33. The van der Waals surface area contributed by atoms with Crippen LogP contribution in [0.4, 0.5) is 11.5 Å². The molecule has 0 atom stereocenters. The summed E-state index contributed by atoms with van der Waals surface area (Å²) >= 11 is 7.55. The lowest BCUT2D eigenvalue weighted by molar-refractivity contribution is 0.112. The number of nitrogens with zero attached hydrogens (tertiary/aromatic N) is 5. The number of para-hydroxylation sites is 1. The van der Waals surface area contributed by atoms with Crippen LogP contribution in [0.5, 0.6) is 0 Å². The van der Waals surface area contributed by atoms with Gasteiger partial charge in [0.15, 0.2) is 12.2 Å². The topological polar surface area (TPSA) is 87.4 Å². The summed E-state index contributed by atoms with van der Waals surface area (Å²) in [6, 6.07) is 13.1. The summed E-state index contributed by atoms with van der Waals surface area (Å²) in [4.78, 5) is 22.2. The minimum absolute atomic E-state index is 0.634. The quantitative estimate of drug-likeness (QED) is 0.437. The molecule has 0 amide bonds. The Morgan fingerprint density at radius 3 is 2.78 bits per heavy atom. The van der Waals surface area contributed by atoms with Crippen LogP contribution in [0.15, 0.2) is 59.0 Å². The molecule has 0 aliphatic carbocycles. The fourth-order valence-corrected chi connectivity index (χ4v) is 4.09. The first-order valence-corrected chi connectivity index (χ1v) is 11.2. The number of anilines is 2. The van der Waals surface area contributed by atoms with Gasteiger partial charge in [0.25, 0.3) is 0 Å². The molecule has 1 aliphatic heterocycles. The molecule has 0 saturated carbocycles. The van der Waals surface area contributed by atoms with Gasteiger partial charge in [-0.2, -0.15) is 5.10 Å². The van der Waals surface area contributed by atoms with Crippen LogP contribution in [0.3, 0.4) is 0 Å². The van der Waals surface area contributed by atoms with Crippen molar-refractivity contribution < 1.29 is 4.79 Å². The van der Waals surface area contributed by atoms with E-state index >= 15 is 0 Å². The Bertz CT molecular complexity index is 1270. The Morgan fingerprint density at radius 2 is 2.12 bits per heavy atom. The fourth-order valence-electron chi connectivity index (χ4n) is 3.23. The molecule has 5 rings (SSSR count). The average molecular weight is 468 g/mol. The first-order chi connectivity index (χ1) is 15.6. The molecule has 32 heavy (non-hydrogen) atoms. The van der Waals surface area contributed by atoms with Crippen LogP contribution in [-0.4, -0.2) is 59.1 Å². The maximum atomic E-state index is 10.8. The Kier molecular flexibility index (Phi) is 6.67. The van der Waals surface area contributed by atoms with Crippen LogP contribution in [0, 0.1) is 0 Å². The molecule has 0 unspecified atom stereocenters. The second kappa shape index (κ2) is 9.80. The van der Waals surface area contributed by atoms with E-state index in [0.717, 1.165) is 47.7 Å². The second-order valence-electron chi connectivity index (χ2n) is 6.98. The van der Waals surface area contributed by atoms with Crippen LogP contribution in [0.1, 0.15) is 9.67 Å².